The largest absolute Gasteiger partial charge is 0.492 e. The van der Waals surface area contributed by atoms with Crippen molar-refractivity contribution in [2.45, 2.75) is 18.6 Å². The van der Waals surface area contributed by atoms with Crippen molar-refractivity contribution < 1.29 is 19.0 Å². The lowest BCUT2D eigenvalue weighted by atomic mass is 10.0. The number of carbonyl (C=O) groups excluding carboxylic acids is 1. The lowest BCUT2D eigenvalue weighted by Crippen LogP contribution is -2.43. The minimum Gasteiger partial charge on any atom is -0.492 e. The van der Waals surface area contributed by atoms with Crippen LogP contribution in [0, 0.1) is 0 Å². The molecule has 3 rings (SSSR count). The predicted octanol–water partition coefficient (Wildman–Crippen LogP) is 1.80. The van der Waals surface area contributed by atoms with Crippen LogP contribution in [0.1, 0.15) is 18.4 Å². The lowest BCUT2D eigenvalue weighted by Gasteiger charge is -2.23. The number of hydrogen-bond donors (Lipinski definition) is 1. The van der Waals surface area contributed by atoms with Crippen molar-refractivity contribution in [2.24, 2.45) is 0 Å². The van der Waals surface area contributed by atoms with Crippen molar-refractivity contribution in [3.05, 3.63) is 28.2 Å². The van der Waals surface area contributed by atoms with Crippen molar-refractivity contribution >= 4 is 21.8 Å². The molecule has 0 spiro atoms. The number of rotatable bonds is 3. The number of ether oxygens (including phenoxy) is 3. The van der Waals surface area contributed by atoms with Crippen LogP contribution in [0.4, 0.5) is 0 Å². The first-order valence-corrected chi connectivity index (χ1v) is 7.35. The third-order valence-corrected chi connectivity index (χ3v) is 4.04. The van der Waals surface area contributed by atoms with Crippen LogP contribution < -0.4 is 10.1 Å². The molecule has 1 aromatic rings. The third kappa shape index (κ3) is 2.68. The average molecular weight is 342 g/mol. The monoisotopic (exact) mass is 341 g/mol. The molecule has 0 bridgehead atoms. The fraction of sp³-hybridized carbons (Fsp3) is 0.500. The molecule has 1 atom stereocenters. The van der Waals surface area contributed by atoms with Crippen molar-refractivity contribution in [3.8, 4) is 5.75 Å². The first-order chi connectivity index (χ1) is 9.57. The van der Waals surface area contributed by atoms with Crippen LogP contribution in [0.3, 0.4) is 0 Å². The van der Waals surface area contributed by atoms with Crippen LogP contribution in [-0.2, 0) is 14.3 Å². The number of fused-ring (bicyclic) bond motifs is 1. The summed E-state index contributed by atoms with van der Waals surface area (Å²) in [5.41, 5.74) is 0.912. The minimum atomic E-state index is -0.713. The first kappa shape index (κ1) is 13.9. The standard InChI is InChI=1S/C14H16BrNO4/c1-14(19-4-5-20-14)8-16-13(17)11-7-18-12-3-2-9(15)6-10(11)12/h2-3,6,11H,4-5,7-8H2,1H3,(H,16,17). The summed E-state index contributed by atoms with van der Waals surface area (Å²) in [6, 6.07) is 5.70. The molecule has 1 amide bonds. The topological polar surface area (TPSA) is 56.8 Å². The third-order valence-electron chi connectivity index (χ3n) is 3.55. The zero-order chi connectivity index (χ0) is 14.2. The smallest absolute Gasteiger partial charge is 0.231 e. The fourth-order valence-corrected chi connectivity index (χ4v) is 2.81. The van der Waals surface area contributed by atoms with E-state index in [2.05, 4.69) is 21.2 Å². The quantitative estimate of drug-likeness (QED) is 0.910. The fourth-order valence-electron chi connectivity index (χ4n) is 2.43. The van der Waals surface area contributed by atoms with Crippen molar-refractivity contribution in [1.82, 2.24) is 5.32 Å². The summed E-state index contributed by atoms with van der Waals surface area (Å²) in [6.45, 7) is 3.67. The maximum atomic E-state index is 12.3. The number of hydrogen-bond acceptors (Lipinski definition) is 4. The van der Waals surface area contributed by atoms with Crippen molar-refractivity contribution in [2.75, 3.05) is 26.4 Å². The van der Waals surface area contributed by atoms with Gasteiger partial charge in [0.15, 0.2) is 5.79 Å². The van der Waals surface area contributed by atoms with Gasteiger partial charge in [-0.05, 0) is 25.1 Å². The maximum absolute atomic E-state index is 12.3. The Kier molecular flexibility index (Phi) is 3.70. The molecule has 0 aromatic heterocycles. The van der Waals surface area contributed by atoms with Gasteiger partial charge in [-0.1, -0.05) is 15.9 Å². The lowest BCUT2D eigenvalue weighted by molar-refractivity contribution is -0.146. The summed E-state index contributed by atoms with van der Waals surface area (Å²) in [5.74, 6) is -0.294. The second-order valence-corrected chi connectivity index (χ2v) is 6.01. The zero-order valence-electron chi connectivity index (χ0n) is 11.1. The molecule has 20 heavy (non-hydrogen) atoms. The molecule has 2 aliphatic heterocycles. The van der Waals surface area contributed by atoms with Gasteiger partial charge < -0.3 is 19.5 Å². The minimum absolute atomic E-state index is 0.0674. The summed E-state index contributed by atoms with van der Waals surface area (Å²) < 4.78 is 17.4. The molecule has 0 saturated carbocycles. The van der Waals surface area contributed by atoms with Gasteiger partial charge in [0.2, 0.25) is 5.91 Å². The molecule has 2 heterocycles. The van der Waals surface area contributed by atoms with E-state index >= 15 is 0 Å². The van der Waals surface area contributed by atoms with E-state index in [9.17, 15) is 4.79 Å². The SMILES string of the molecule is CC1(CNC(=O)C2COc3ccc(Br)cc32)OCCO1. The second kappa shape index (κ2) is 5.35. The van der Waals surface area contributed by atoms with Crippen LogP contribution in [0.15, 0.2) is 22.7 Å². The van der Waals surface area contributed by atoms with E-state index in [0.717, 1.165) is 15.8 Å². The van der Waals surface area contributed by atoms with E-state index in [1.54, 1.807) is 0 Å². The molecule has 1 saturated heterocycles. The molecule has 108 valence electrons. The molecule has 0 aliphatic carbocycles. The highest BCUT2D eigenvalue weighted by Gasteiger charge is 2.35. The number of benzene rings is 1. The van der Waals surface area contributed by atoms with Crippen LogP contribution in [0.2, 0.25) is 0 Å². The van der Waals surface area contributed by atoms with Crippen LogP contribution >= 0.6 is 15.9 Å². The van der Waals surface area contributed by atoms with Crippen LogP contribution in [-0.4, -0.2) is 38.1 Å². The van der Waals surface area contributed by atoms with E-state index in [1.807, 2.05) is 25.1 Å². The van der Waals surface area contributed by atoms with Gasteiger partial charge in [-0.2, -0.15) is 0 Å². The Balaban J connectivity index is 1.66. The summed E-state index contributed by atoms with van der Waals surface area (Å²) in [5, 5.41) is 2.88. The molecule has 1 aromatic carbocycles. The summed E-state index contributed by atoms with van der Waals surface area (Å²) >= 11 is 3.42. The molecule has 1 unspecified atom stereocenters. The predicted molar refractivity (Wildman–Crippen MR) is 75.7 cm³/mol. The molecule has 5 nitrogen and oxygen atoms in total. The van der Waals surface area contributed by atoms with Gasteiger partial charge in [-0.15, -0.1) is 0 Å². The molecular formula is C14H16BrNO4. The summed E-state index contributed by atoms with van der Waals surface area (Å²) in [7, 11) is 0. The number of amides is 1. The van der Waals surface area contributed by atoms with Crippen LogP contribution in [0.25, 0.3) is 0 Å². The van der Waals surface area contributed by atoms with Crippen molar-refractivity contribution in [3.63, 3.8) is 0 Å². The van der Waals surface area contributed by atoms with Crippen molar-refractivity contribution in [1.29, 1.82) is 0 Å². The van der Waals surface area contributed by atoms with Gasteiger partial charge in [-0.25, -0.2) is 0 Å². The van der Waals surface area contributed by atoms with Gasteiger partial charge in [-0.3, -0.25) is 4.79 Å². The van der Waals surface area contributed by atoms with Gasteiger partial charge in [0, 0.05) is 10.0 Å². The Bertz CT molecular complexity index is 528. The zero-order valence-corrected chi connectivity index (χ0v) is 12.7. The Labute approximate surface area is 125 Å². The highest BCUT2D eigenvalue weighted by atomic mass is 79.9. The number of carbonyl (C=O) groups is 1. The van der Waals surface area contributed by atoms with E-state index < -0.39 is 5.79 Å². The summed E-state index contributed by atoms with van der Waals surface area (Å²) in [4.78, 5) is 12.3. The van der Waals surface area contributed by atoms with E-state index in [-0.39, 0.29) is 11.8 Å². The molecule has 0 radical (unpaired) electrons. The van der Waals surface area contributed by atoms with Gasteiger partial charge in [0.05, 0.1) is 19.8 Å². The second-order valence-electron chi connectivity index (χ2n) is 5.09. The van der Waals surface area contributed by atoms with E-state index in [1.165, 1.54) is 0 Å². The van der Waals surface area contributed by atoms with Crippen LogP contribution in [0.5, 0.6) is 5.75 Å². The first-order valence-electron chi connectivity index (χ1n) is 6.55. The Morgan fingerprint density at radius 2 is 2.20 bits per heavy atom. The average Bonchev–Trinajstić information content (AvgIpc) is 3.03. The Morgan fingerprint density at radius 3 is 2.95 bits per heavy atom. The van der Waals surface area contributed by atoms with E-state index in [0.29, 0.717) is 26.4 Å². The molecule has 6 heteroatoms. The highest BCUT2D eigenvalue weighted by molar-refractivity contribution is 9.10. The maximum Gasteiger partial charge on any atom is 0.231 e. The van der Waals surface area contributed by atoms with Gasteiger partial charge >= 0.3 is 0 Å². The highest BCUT2D eigenvalue weighted by Crippen LogP contribution is 2.36. The summed E-state index contributed by atoms with van der Waals surface area (Å²) in [6.07, 6.45) is 0. The Hall–Kier alpha value is -1.11. The van der Waals surface area contributed by atoms with E-state index in [4.69, 9.17) is 14.2 Å². The molecule has 1 fully saturated rings. The molecule has 2 aliphatic rings. The molecular weight excluding hydrogens is 326 g/mol. The Morgan fingerprint density at radius 1 is 1.45 bits per heavy atom. The molecule has 1 N–H and O–H groups in total. The van der Waals surface area contributed by atoms with Gasteiger partial charge in [0.1, 0.15) is 18.3 Å². The normalized spacial score (nSPS) is 23.2. The number of nitrogens with one attached hydrogen (secondary N) is 1. The van der Waals surface area contributed by atoms with Gasteiger partial charge in [0.25, 0.3) is 0 Å². The number of halogens is 1.